The lowest BCUT2D eigenvalue weighted by molar-refractivity contribution is -0.0359. The largest absolute Gasteiger partial charge is 0.444 e. The highest BCUT2D eigenvalue weighted by Crippen LogP contribution is 2.21. The molecule has 0 aromatic rings. The van der Waals surface area contributed by atoms with Gasteiger partial charge in [-0.2, -0.15) is 0 Å². The Hall–Kier alpha value is -0.850. The molecule has 24 heavy (non-hydrogen) atoms. The van der Waals surface area contributed by atoms with Gasteiger partial charge in [0.25, 0.3) is 0 Å². The summed E-state index contributed by atoms with van der Waals surface area (Å²) in [5, 5.41) is 13.3. The third-order valence-electron chi connectivity index (χ3n) is 4.70. The van der Waals surface area contributed by atoms with Crippen LogP contribution >= 0.6 is 0 Å². The van der Waals surface area contributed by atoms with Crippen molar-refractivity contribution in [1.82, 2.24) is 10.2 Å². The van der Waals surface area contributed by atoms with Crippen molar-refractivity contribution in [2.24, 2.45) is 0 Å². The minimum absolute atomic E-state index is 0.0466. The summed E-state index contributed by atoms with van der Waals surface area (Å²) in [5.41, 5.74) is -0.479. The third-order valence-corrected chi connectivity index (χ3v) is 4.70. The number of carbonyl (C=O) groups is 1. The van der Waals surface area contributed by atoms with Crippen LogP contribution in [0.2, 0.25) is 0 Å². The number of aliphatic hydroxyl groups is 1. The number of hydrogen-bond donors (Lipinski definition) is 2. The fourth-order valence-corrected chi connectivity index (χ4v) is 3.53. The van der Waals surface area contributed by atoms with E-state index in [1.54, 1.807) is 0 Å². The Morgan fingerprint density at radius 3 is 2.62 bits per heavy atom. The van der Waals surface area contributed by atoms with E-state index >= 15 is 0 Å². The van der Waals surface area contributed by atoms with Gasteiger partial charge in [0, 0.05) is 18.6 Å². The Labute approximate surface area is 145 Å². The normalized spacial score (nSPS) is 30.0. The van der Waals surface area contributed by atoms with Gasteiger partial charge in [-0.15, -0.1) is 0 Å². The number of nitrogens with one attached hydrogen (secondary N) is 1. The van der Waals surface area contributed by atoms with Gasteiger partial charge in [-0.05, 0) is 59.8 Å². The van der Waals surface area contributed by atoms with Crippen LogP contribution in [-0.2, 0) is 9.47 Å². The molecule has 2 atom stereocenters. The Kier molecular flexibility index (Phi) is 6.89. The van der Waals surface area contributed by atoms with Crippen LogP contribution in [0.1, 0.15) is 59.8 Å². The minimum atomic E-state index is -0.479. The van der Waals surface area contributed by atoms with Gasteiger partial charge in [0.2, 0.25) is 0 Å². The van der Waals surface area contributed by atoms with Gasteiger partial charge in [0.15, 0.2) is 0 Å². The summed E-state index contributed by atoms with van der Waals surface area (Å²) in [5.74, 6) is 0. The molecule has 0 radical (unpaired) electrons. The van der Waals surface area contributed by atoms with Gasteiger partial charge in [-0.3, -0.25) is 0 Å². The third kappa shape index (κ3) is 6.22. The standard InChI is InChI=1S/C18H34N2O4/c1-13(19-14-5-7-16(21)8-6-14)11-15-12-23-10-9-20(15)17(22)24-18(2,3)4/h13-16,19,21H,5-12H2,1-4H3. The molecule has 2 aliphatic rings. The van der Waals surface area contributed by atoms with E-state index in [1.165, 1.54) is 0 Å². The first-order chi connectivity index (χ1) is 11.2. The van der Waals surface area contributed by atoms with Gasteiger partial charge in [-0.25, -0.2) is 4.79 Å². The van der Waals surface area contributed by atoms with Crippen molar-refractivity contribution in [2.75, 3.05) is 19.8 Å². The summed E-state index contributed by atoms with van der Waals surface area (Å²) in [6, 6.07) is 0.801. The number of nitrogens with zero attached hydrogens (tertiary/aromatic N) is 1. The second kappa shape index (κ2) is 8.50. The summed E-state index contributed by atoms with van der Waals surface area (Å²) in [7, 11) is 0. The molecule has 2 fully saturated rings. The van der Waals surface area contributed by atoms with E-state index in [1.807, 2.05) is 25.7 Å². The molecule has 1 saturated heterocycles. The Balaban J connectivity index is 1.84. The molecule has 1 amide bonds. The molecule has 0 aromatic heterocycles. The molecule has 0 spiro atoms. The summed E-state index contributed by atoms with van der Waals surface area (Å²) in [6.45, 7) is 9.55. The maximum atomic E-state index is 12.4. The zero-order valence-electron chi connectivity index (χ0n) is 15.6. The van der Waals surface area contributed by atoms with Crippen LogP contribution in [0.3, 0.4) is 0 Å². The highest BCUT2D eigenvalue weighted by atomic mass is 16.6. The molecule has 6 heteroatoms. The van der Waals surface area contributed by atoms with E-state index in [0.717, 1.165) is 32.1 Å². The highest BCUT2D eigenvalue weighted by Gasteiger charge is 2.32. The van der Waals surface area contributed by atoms with Crippen molar-refractivity contribution >= 4 is 6.09 Å². The Morgan fingerprint density at radius 1 is 1.33 bits per heavy atom. The van der Waals surface area contributed by atoms with E-state index < -0.39 is 5.60 Å². The first kappa shape index (κ1) is 19.5. The molecule has 2 unspecified atom stereocenters. The van der Waals surface area contributed by atoms with Crippen molar-refractivity contribution in [3.63, 3.8) is 0 Å². The molecule has 1 aliphatic heterocycles. The predicted octanol–water partition coefficient (Wildman–Crippen LogP) is 2.29. The lowest BCUT2D eigenvalue weighted by Gasteiger charge is -2.38. The molecule has 1 saturated carbocycles. The van der Waals surface area contributed by atoms with Gasteiger partial charge in [-0.1, -0.05) is 0 Å². The molecule has 140 valence electrons. The number of carbonyl (C=O) groups excluding carboxylic acids is 1. The summed E-state index contributed by atoms with van der Waals surface area (Å²) < 4.78 is 11.1. The fourth-order valence-electron chi connectivity index (χ4n) is 3.53. The number of ether oxygens (including phenoxy) is 2. The molecule has 0 aromatic carbocycles. The van der Waals surface area contributed by atoms with Gasteiger partial charge in [0.05, 0.1) is 25.4 Å². The number of rotatable bonds is 4. The maximum Gasteiger partial charge on any atom is 0.410 e. The van der Waals surface area contributed by atoms with Crippen molar-refractivity contribution < 1.29 is 19.4 Å². The minimum Gasteiger partial charge on any atom is -0.444 e. The van der Waals surface area contributed by atoms with Gasteiger partial charge >= 0.3 is 6.09 Å². The van der Waals surface area contributed by atoms with Crippen LogP contribution in [0.25, 0.3) is 0 Å². The second-order valence-corrected chi connectivity index (χ2v) is 8.21. The van der Waals surface area contributed by atoms with Crippen LogP contribution < -0.4 is 5.32 Å². The van der Waals surface area contributed by atoms with Crippen molar-refractivity contribution in [3.8, 4) is 0 Å². The second-order valence-electron chi connectivity index (χ2n) is 8.21. The molecule has 6 nitrogen and oxygen atoms in total. The van der Waals surface area contributed by atoms with E-state index in [2.05, 4.69) is 12.2 Å². The van der Waals surface area contributed by atoms with Crippen LogP contribution in [0.4, 0.5) is 4.79 Å². The quantitative estimate of drug-likeness (QED) is 0.820. The van der Waals surface area contributed by atoms with Crippen LogP contribution in [0.15, 0.2) is 0 Å². The van der Waals surface area contributed by atoms with Crippen LogP contribution in [0.5, 0.6) is 0 Å². The molecule has 1 aliphatic carbocycles. The maximum absolute atomic E-state index is 12.4. The Morgan fingerprint density at radius 2 is 2.00 bits per heavy atom. The monoisotopic (exact) mass is 342 g/mol. The molecule has 2 rings (SSSR count). The molecule has 1 heterocycles. The Bertz CT molecular complexity index is 402. The predicted molar refractivity (Wildman–Crippen MR) is 93.0 cm³/mol. The number of amides is 1. The van der Waals surface area contributed by atoms with E-state index in [4.69, 9.17) is 9.47 Å². The molecule has 2 N–H and O–H groups in total. The van der Waals surface area contributed by atoms with E-state index in [0.29, 0.717) is 31.8 Å². The zero-order chi connectivity index (χ0) is 17.7. The number of morpholine rings is 1. The van der Waals surface area contributed by atoms with Gasteiger partial charge in [0.1, 0.15) is 5.60 Å². The van der Waals surface area contributed by atoms with Crippen molar-refractivity contribution in [2.45, 2.75) is 89.6 Å². The summed E-state index contributed by atoms with van der Waals surface area (Å²) in [6.07, 6.45) is 4.25. The first-order valence-electron chi connectivity index (χ1n) is 9.26. The fraction of sp³-hybridized carbons (Fsp3) is 0.944. The summed E-state index contributed by atoms with van der Waals surface area (Å²) in [4.78, 5) is 14.2. The topological polar surface area (TPSA) is 71.0 Å². The molecule has 0 bridgehead atoms. The lowest BCUT2D eigenvalue weighted by atomic mass is 9.92. The number of aliphatic hydroxyl groups excluding tert-OH is 1. The zero-order valence-corrected chi connectivity index (χ0v) is 15.6. The van der Waals surface area contributed by atoms with E-state index in [9.17, 15) is 9.90 Å². The SMILES string of the molecule is CC(CC1COCCN1C(=O)OC(C)(C)C)NC1CCC(O)CC1. The van der Waals surface area contributed by atoms with Crippen LogP contribution in [-0.4, -0.2) is 65.7 Å². The summed E-state index contributed by atoms with van der Waals surface area (Å²) >= 11 is 0. The van der Waals surface area contributed by atoms with Gasteiger partial charge < -0.3 is 24.8 Å². The van der Waals surface area contributed by atoms with Crippen molar-refractivity contribution in [3.05, 3.63) is 0 Å². The molecular formula is C18H34N2O4. The highest BCUT2D eigenvalue weighted by molar-refractivity contribution is 5.68. The molecular weight excluding hydrogens is 308 g/mol. The van der Waals surface area contributed by atoms with Crippen molar-refractivity contribution in [1.29, 1.82) is 0 Å². The average Bonchev–Trinajstić information content (AvgIpc) is 2.48. The smallest absolute Gasteiger partial charge is 0.410 e. The first-order valence-corrected chi connectivity index (χ1v) is 9.26. The van der Waals surface area contributed by atoms with Crippen LogP contribution in [0, 0.1) is 0 Å². The van der Waals surface area contributed by atoms with E-state index in [-0.39, 0.29) is 18.2 Å². The average molecular weight is 342 g/mol. The number of hydrogen-bond acceptors (Lipinski definition) is 5. The lowest BCUT2D eigenvalue weighted by Crippen LogP contribution is -2.53.